The Morgan fingerprint density at radius 3 is 2.65 bits per heavy atom. The van der Waals surface area contributed by atoms with Gasteiger partial charge in [0.2, 0.25) is 0 Å². The first-order valence-corrected chi connectivity index (χ1v) is 6.52. The third-order valence-electron chi connectivity index (χ3n) is 3.63. The van der Waals surface area contributed by atoms with Crippen LogP contribution in [-0.2, 0) is 0 Å². The van der Waals surface area contributed by atoms with Crippen LogP contribution in [0, 0.1) is 11.3 Å². The van der Waals surface area contributed by atoms with Crippen molar-refractivity contribution in [1.29, 1.82) is 0 Å². The summed E-state index contributed by atoms with van der Waals surface area (Å²) < 4.78 is 0. The molecule has 0 bridgehead atoms. The Hall–Kier alpha value is -0.820. The molecule has 1 aliphatic carbocycles. The van der Waals surface area contributed by atoms with E-state index in [4.69, 9.17) is 5.11 Å². The smallest absolute Gasteiger partial charge is 0.0617 e. The van der Waals surface area contributed by atoms with Gasteiger partial charge in [-0.05, 0) is 43.6 Å². The highest BCUT2D eigenvalue weighted by atomic mass is 16.2. The van der Waals surface area contributed by atoms with Gasteiger partial charge in [-0.2, -0.15) is 0 Å². The molecule has 0 aromatic rings. The molecular formula is C16H26O. The molecule has 0 saturated heterocycles. The third-order valence-corrected chi connectivity index (χ3v) is 3.63. The molecule has 0 aliphatic heterocycles. The Balaban J connectivity index is 2.95. The fourth-order valence-electron chi connectivity index (χ4n) is 3.06. The number of aliphatic hydroxyl groups is 1. The molecule has 1 N–H and O–H groups in total. The van der Waals surface area contributed by atoms with Crippen LogP contribution in [0.1, 0.15) is 47.5 Å². The lowest BCUT2D eigenvalue weighted by molar-refractivity contribution is 0.307. The molecule has 0 aromatic heterocycles. The number of rotatable bonds is 3. The van der Waals surface area contributed by atoms with Crippen molar-refractivity contribution in [2.45, 2.75) is 47.5 Å². The average molecular weight is 234 g/mol. The van der Waals surface area contributed by atoms with Gasteiger partial charge in [-0.3, -0.25) is 0 Å². The normalized spacial score (nSPS) is 25.8. The topological polar surface area (TPSA) is 20.2 Å². The second-order valence-corrected chi connectivity index (χ2v) is 6.06. The Morgan fingerprint density at radius 1 is 1.47 bits per heavy atom. The molecule has 1 atom stereocenters. The van der Waals surface area contributed by atoms with Gasteiger partial charge in [0.25, 0.3) is 0 Å². The van der Waals surface area contributed by atoms with Gasteiger partial charge in [0.15, 0.2) is 0 Å². The van der Waals surface area contributed by atoms with E-state index in [-0.39, 0.29) is 12.0 Å². The van der Waals surface area contributed by atoms with Crippen molar-refractivity contribution < 1.29 is 5.11 Å². The highest BCUT2D eigenvalue weighted by Crippen LogP contribution is 2.43. The van der Waals surface area contributed by atoms with E-state index in [0.717, 1.165) is 11.5 Å². The molecule has 0 spiro atoms. The zero-order valence-corrected chi connectivity index (χ0v) is 11.9. The summed E-state index contributed by atoms with van der Waals surface area (Å²) in [7, 11) is 0. The largest absolute Gasteiger partial charge is 0.392 e. The van der Waals surface area contributed by atoms with E-state index in [1.807, 2.05) is 13.0 Å². The molecule has 0 unspecified atom stereocenters. The molecule has 0 heterocycles. The first-order chi connectivity index (χ1) is 7.86. The summed E-state index contributed by atoms with van der Waals surface area (Å²) in [6.45, 7) is 11.4. The molecule has 17 heavy (non-hydrogen) atoms. The first kappa shape index (κ1) is 14.2. The maximum absolute atomic E-state index is 8.84. The lowest BCUT2D eigenvalue weighted by Crippen LogP contribution is -2.23. The maximum atomic E-state index is 8.84. The molecule has 1 rings (SSSR count). The van der Waals surface area contributed by atoms with Crippen molar-refractivity contribution >= 4 is 0 Å². The molecule has 1 nitrogen and oxygen atoms in total. The highest BCUT2D eigenvalue weighted by Gasteiger charge is 2.30. The Morgan fingerprint density at radius 2 is 2.12 bits per heavy atom. The fourth-order valence-corrected chi connectivity index (χ4v) is 3.06. The van der Waals surface area contributed by atoms with Gasteiger partial charge in [-0.25, -0.2) is 0 Å². The van der Waals surface area contributed by atoms with E-state index >= 15 is 0 Å². The Kier molecular flexibility index (Phi) is 4.76. The zero-order valence-electron chi connectivity index (χ0n) is 11.9. The molecule has 0 fully saturated rings. The van der Waals surface area contributed by atoms with E-state index in [1.165, 1.54) is 24.0 Å². The lowest BCUT2D eigenvalue weighted by Gasteiger charge is -2.36. The van der Waals surface area contributed by atoms with Crippen LogP contribution in [0.2, 0.25) is 0 Å². The molecule has 0 amide bonds. The predicted molar refractivity (Wildman–Crippen MR) is 74.9 cm³/mol. The van der Waals surface area contributed by atoms with E-state index in [9.17, 15) is 0 Å². The van der Waals surface area contributed by atoms with Crippen molar-refractivity contribution in [3.8, 4) is 0 Å². The number of hydrogen-bond acceptors (Lipinski definition) is 1. The zero-order chi connectivity index (χ0) is 13.1. The summed E-state index contributed by atoms with van der Waals surface area (Å²) in [5, 5.41) is 8.84. The van der Waals surface area contributed by atoms with Crippen molar-refractivity contribution in [3.05, 3.63) is 34.9 Å². The van der Waals surface area contributed by atoms with E-state index in [2.05, 4.69) is 39.8 Å². The molecule has 96 valence electrons. The SMILES string of the molecule is CC1=C(/C=C/C(C)=C\CO)C(C)(C)C[C@H](C)C1. The van der Waals surface area contributed by atoms with E-state index < -0.39 is 0 Å². The summed E-state index contributed by atoms with van der Waals surface area (Å²) in [5.41, 5.74) is 4.39. The maximum Gasteiger partial charge on any atom is 0.0617 e. The molecule has 1 heteroatoms. The summed E-state index contributed by atoms with van der Waals surface area (Å²) in [5.74, 6) is 0.788. The van der Waals surface area contributed by atoms with Gasteiger partial charge in [0, 0.05) is 0 Å². The molecule has 0 radical (unpaired) electrons. The van der Waals surface area contributed by atoms with Crippen LogP contribution in [0.3, 0.4) is 0 Å². The number of allylic oxidation sites excluding steroid dienone is 5. The van der Waals surface area contributed by atoms with E-state index in [1.54, 1.807) is 0 Å². The van der Waals surface area contributed by atoms with Crippen molar-refractivity contribution in [1.82, 2.24) is 0 Å². The summed E-state index contributed by atoms with van der Waals surface area (Å²) in [6.07, 6.45) is 8.67. The Labute approximate surface area is 106 Å². The number of aliphatic hydroxyl groups excluding tert-OH is 1. The third kappa shape index (κ3) is 3.85. The Bertz CT molecular complexity index is 356. The average Bonchev–Trinajstić information content (AvgIpc) is 2.14. The van der Waals surface area contributed by atoms with Crippen molar-refractivity contribution in [3.63, 3.8) is 0 Å². The van der Waals surface area contributed by atoms with Crippen LogP contribution in [0.15, 0.2) is 34.9 Å². The molecule has 1 aliphatic rings. The van der Waals surface area contributed by atoms with Crippen LogP contribution < -0.4 is 0 Å². The molecular weight excluding hydrogens is 208 g/mol. The second kappa shape index (κ2) is 5.68. The predicted octanol–water partition coefficient (Wildman–Crippen LogP) is 4.25. The van der Waals surface area contributed by atoms with Gasteiger partial charge in [0.1, 0.15) is 0 Å². The van der Waals surface area contributed by atoms with Crippen LogP contribution in [0.5, 0.6) is 0 Å². The van der Waals surface area contributed by atoms with Gasteiger partial charge in [-0.15, -0.1) is 0 Å². The second-order valence-electron chi connectivity index (χ2n) is 6.06. The van der Waals surface area contributed by atoms with Gasteiger partial charge < -0.3 is 5.11 Å². The van der Waals surface area contributed by atoms with Gasteiger partial charge in [-0.1, -0.05) is 50.1 Å². The van der Waals surface area contributed by atoms with Gasteiger partial charge in [0.05, 0.1) is 6.61 Å². The van der Waals surface area contributed by atoms with Crippen LogP contribution in [0.25, 0.3) is 0 Å². The summed E-state index contributed by atoms with van der Waals surface area (Å²) in [4.78, 5) is 0. The van der Waals surface area contributed by atoms with E-state index in [0.29, 0.717) is 0 Å². The van der Waals surface area contributed by atoms with Crippen molar-refractivity contribution in [2.24, 2.45) is 11.3 Å². The summed E-state index contributed by atoms with van der Waals surface area (Å²) >= 11 is 0. The van der Waals surface area contributed by atoms with Gasteiger partial charge >= 0.3 is 0 Å². The first-order valence-electron chi connectivity index (χ1n) is 6.52. The monoisotopic (exact) mass is 234 g/mol. The fraction of sp³-hybridized carbons (Fsp3) is 0.625. The molecule has 0 aromatic carbocycles. The minimum atomic E-state index is 0.120. The van der Waals surface area contributed by atoms with Crippen LogP contribution in [-0.4, -0.2) is 11.7 Å². The van der Waals surface area contributed by atoms with Crippen LogP contribution >= 0.6 is 0 Å². The molecule has 0 saturated carbocycles. The van der Waals surface area contributed by atoms with Crippen LogP contribution in [0.4, 0.5) is 0 Å². The lowest BCUT2D eigenvalue weighted by atomic mass is 9.69. The number of hydrogen-bond donors (Lipinski definition) is 1. The quantitative estimate of drug-likeness (QED) is 0.724. The minimum absolute atomic E-state index is 0.120. The van der Waals surface area contributed by atoms with Crippen molar-refractivity contribution in [2.75, 3.05) is 6.61 Å². The highest BCUT2D eigenvalue weighted by molar-refractivity contribution is 5.36. The standard InChI is InChI=1S/C16H26O/c1-12(8-9-17)6-7-15-14(3)10-13(2)11-16(15,4)5/h6-8,13,17H,9-11H2,1-5H3/b7-6+,12-8-/t13-/m1/s1. The minimum Gasteiger partial charge on any atom is -0.392 e. The summed E-state index contributed by atoms with van der Waals surface area (Å²) in [6, 6.07) is 0.